The molecule has 1 aromatic rings. The largest absolute Gasteiger partial charge is 0.480 e. The zero-order valence-corrected chi connectivity index (χ0v) is 9.30. The van der Waals surface area contributed by atoms with Crippen LogP contribution >= 0.6 is 0 Å². The molecule has 0 aliphatic carbocycles. The van der Waals surface area contributed by atoms with E-state index in [4.69, 9.17) is 9.84 Å². The molecule has 88 valence electrons. The molecule has 0 saturated heterocycles. The van der Waals surface area contributed by atoms with Crippen molar-refractivity contribution < 1.29 is 14.6 Å². The lowest BCUT2D eigenvalue weighted by Crippen LogP contribution is -2.32. The van der Waals surface area contributed by atoms with Crippen molar-refractivity contribution in [2.75, 3.05) is 26.8 Å². The van der Waals surface area contributed by atoms with Crippen LogP contribution in [0.3, 0.4) is 0 Å². The van der Waals surface area contributed by atoms with Gasteiger partial charge in [0.15, 0.2) is 0 Å². The lowest BCUT2D eigenvalue weighted by Gasteiger charge is -2.19. The molecule has 0 amide bonds. The van der Waals surface area contributed by atoms with Crippen LogP contribution < -0.4 is 0 Å². The van der Waals surface area contributed by atoms with Crippen molar-refractivity contribution in [3.63, 3.8) is 0 Å². The predicted octanol–water partition coefficient (Wildman–Crippen LogP) is 0.615. The van der Waals surface area contributed by atoms with Crippen LogP contribution in [0, 0.1) is 0 Å². The van der Waals surface area contributed by atoms with Crippen LogP contribution in [0.25, 0.3) is 0 Å². The maximum Gasteiger partial charge on any atom is 0.317 e. The highest BCUT2D eigenvalue weighted by molar-refractivity contribution is 5.69. The van der Waals surface area contributed by atoms with E-state index in [1.165, 1.54) is 0 Å². The Hall–Kier alpha value is -1.46. The number of carboxylic acid groups (broad SMARTS) is 1. The van der Waals surface area contributed by atoms with Gasteiger partial charge in [0.2, 0.25) is 0 Å². The van der Waals surface area contributed by atoms with Gasteiger partial charge in [0.25, 0.3) is 0 Å². The summed E-state index contributed by atoms with van der Waals surface area (Å²) in [6.45, 7) is 1.70. The van der Waals surface area contributed by atoms with Gasteiger partial charge in [-0.2, -0.15) is 0 Å². The van der Waals surface area contributed by atoms with Crippen molar-refractivity contribution in [3.05, 3.63) is 30.1 Å². The minimum Gasteiger partial charge on any atom is -0.480 e. The molecule has 0 fully saturated rings. The Morgan fingerprint density at radius 1 is 1.62 bits per heavy atom. The topological polar surface area (TPSA) is 62.7 Å². The molecule has 1 rings (SSSR count). The van der Waals surface area contributed by atoms with Crippen molar-refractivity contribution in [3.8, 4) is 0 Å². The summed E-state index contributed by atoms with van der Waals surface area (Å²) < 4.78 is 4.94. The van der Waals surface area contributed by atoms with Gasteiger partial charge >= 0.3 is 5.97 Å². The molecule has 1 aromatic heterocycles. The Morgan fingerprint density at radius 2 is 2.44 bits per heavy atom. The molecule has 0 unspecified atom stereocenters. The maximum atomic E-state index is 10.7. The standard InChI is InChI=1S/C11H16N2O3/c1-16-6-5-13(9-11(14)15)8-10-3-2-4-12-7-10/h2-4,7H,5-6,8-9H2,1H3,(H,14,15). The third-order valence-electron chi connectivity index (χ3n) is 2.10. The van der Waals surface area contributed by atoms with Crippen LogP contribution in [0.15, 0.2) is 24.5 Å². The Labute approximate surface area is 94.7 Å². The average Bonchev–Trinajstić information content (AvgIpc) is 2.26. The molecule has 0 spiro atoms. The van der Waals surface area contributed by atoms with E-state index in [9.17, 15) is 4.79 Å². The summed E-state index contributed by atoms with van der Waals surface area (Å²) >= 11 is 0. The molecule has 0 aromatic carbocycles. The summed E-state index contributed by atoms with van der Waals surface area (Å²) in [7, 11) is 1.60. The summed E-state index contributed by atoms with van der Waals surface area (Å²) in [6.07, 6.45) is 3.43. The minimum atomic E-state index is -0.833. The van der Waals surface area contributed by atoms with Crippen LogP contribution in [0.1, 0.15) is 5.56 Å². The molecular weight excluding hydrogens is 208 g/mol. The highest BCUT2D eigenvalue weighted by atomic mass is 16.5. The highest BCUT2D eigenvalue weighted by Crippen LogP contribution is 2.02. The first kappa shape index (κ1) is 12.6. The van der Waals surface area contributed by atoms with Gasteiger partial charge in [-0.3, -0.25) is 14.7 Å². The minimum absolute atomic E-state index is 0.0122. The quantitative estimate of drug-likeness (QED) is 0.735. The lowest BCUT2D eigenvalue weighted by atomic mass is 10.2. The van der Waals surface area contributed by atoms with Gasteiger partial charge in [0.05, 0.1) is 13.2 Å². The van der Waals surface area contributed by atoms with Crippen molar-refractivity contribution in [2.45, 2.75) is 6.54 Å². The number of rotatable bonds is 7. The summed E-state index contributed by atoms with van der Waals surface area (Å²) in [5.74, 6) is -0.833. The maximum absolute atomic E-state index is 10.7. The SMILES string of the molecule is COCCN(CC(=O)O)Cc1cccnc1. The third kappa shape index (κ3) is 4.86. The monoisotopic (exact) mass is 224 g/mol. The molecular formula is C11H16N2O3. The van der Waals surface area contributed by atoms with Gasteiger partial charge in [-0.25, -0.2) is 0 Å². The Bertz CT molecular complexity index is 316. The first-order valence-electron chi connectivity index (χ1n) is 5.04. The number of pyridine rings is 1. The number of carbonyl (C=O) groups is 1. The van der Waals surface area contributed by atoms with Crippen LogP contribution in [-0.4, -0.2) is 47.8 Å². The fourth-order valence-corrected chi connectivity index (χ4v) is 1.38. The average molecular weight is 224 g/mol. The van der Waals surface area contributed by atoms with Gasteiger partial charge in [-0.1, -0.05) is 6.07 Å². The summed E-state index contributed by atoms with van der Waals surface area (Å²) in [6, 6.07) is 3.76. The number of methoxy groups -OCH3 is 1. The zero-order valence-electron chi connectivity index (χ0n) is 9.30. The number of aliphatic carboxylic acids is 1. The number of hydrogen-bond acceptors (Lipinski definition) is 4. The normalized spacial score (nSPS) is 10.6. The number of hydrogen-bond donors (Lipinski definition) is 1. The third-order valence-corrected chi connectivity index (χ3v) is 2.10. The second-order valence-electron chi connectivity index (χ2n) is 3.46. The van der Waals surface area contributed by atoms with Crippen LogP contribution in [0.2, 0.25) is 0 Å². The molecule has 0 saturated carbocycles. The number of aromatic nitrogens is 1. The van der Waals surface area contributed by atoms with E-state index in [1.807, 2.05) is 17.0 Å². The zero-order chi connectivity index (χ0) is 11.8. The van der Waals surface area contributed by atoms with E-state index in [2.05, 4.69) is 4.98 Å². The molecule has 5 heteroatoms. The van der Waals surface area contributed by atoms with Crippen molar-refractivity contribution >= 4 is 5.97 Å². The van der Waals surface area contributed by atoms with Crippen molar-refractivity contribution in [1.29, 1.82) is 0 Å². The molecule has 16 heavy (non-hydrogen) atoms. The van der Waals surface area contributed by atoms with Gasteiger partial charge in [0, 0.05) is 32.6 Å². The molecule has 1 N–H and O–H groups in total. The summed E-state index contributed by atoms with van der Waals surface area (Å²) in [5, 5.41) is 8.76. The van der Waals surface area contributed by atoms with Crippen LogP contribution in [0.4, 0.5) is 0 Å². The molecule has 0 atom stereocenters. The van der Waals surface area contributed by atoms with E-state index in [-0.39, 0.29) is 6.54 Å². The fourth-order valence-electron chi connectivity index (χ4n) is 1.38. The predicted molar refractivity (Wildman–Crippen MR) is 59.0 cm³/mol. The molecule has 0 aliphatic rings. The Kier molecular flexibility index (Phi) is 5.45. The number of carboxylic acids is 1. The van der Waals surface area contributed by atoms with E-state index in [0.29, 0.717) is 19.7 Å². The first-order chi connectivity index (χ1) is 7.72. The van der Waals surface area contributed by atoms with Gasteiger partial charge in [-0.15, -0.1) is 0 Å². The molecule has 0 bridgehead atoms. The molecule has 5 nitrogen and oxygen atoms in total. The van der Waals surface area contributed by atoms with Gasteiger partial charge < -0.3 is 9.84 Å². The molecule has 1 heterocycles. The Balaban J connectivity index is 2.52. The Morgan fingerprint density at radius 3 is 3.00 bits per heavy atom. The smallest absolute Gasteiger partial charge is 0.317 e. The molecule has 0 aliphatic heterocycles. The number of ether oxygens (including phenoxy) is 1. The molecule has 0 radical (unpaired) electrons. The van der Waals surface area contributed by atoms with E-state index >= 15 is 0 Å². The lowest BCUT2D eigenvalue weighted by molar-refractivity contribution is -0.138. The van der Waals surface area contributed by atoms with Gasteiger partial charge in [-0.05, 0) is 11.6 Å². The van der Waals surface area contributed by atoms with E-state index in [0.717, 1.165) is 5.56 Å². The summed E-state index contributed by atoms with van der Waals surface area (Å²) in [4.78, 5) is 16.5. The first-order valence-corrected chi connectivity index (χ1v) is 5.04. The van der Waals surface area contributed by atoms with Crippen molar-refractivity contribution in [1.82, 2.24) is 9.88 Å². The van der Waals surface area contributed by atoms with E-state index < -0.39 is 5.97 Å². The summed E-state index contributed by atoms with van der Waals surface area (Å²) in [5.41, 5.74) is 1.000. The van der Waals surface area contributed by atoms with Crippen molar-refractivity contribution in [2.24, 2.45) is 0 Å². The van der Waals surface area contributed by atoms with E-state index in [1.54, 1.807) is 19.5 Å². The second kappa shape index (κ2) is 6.92. The number of nitrogens with zero attached hydrogens (tertiary/aromatic N) is 2. The van der Waals surface area contributed by atoms with Crippen LogP contribution in [0.5, 0.6) is 0 Å². The fraction of sp³-hybridized carbons (Fsp3) is 0.455. The van der Waals surface area contributed by atoms with Gasteiger partial charge in [0.1, 0.15) is 0 Å². The van der Waals surface area contributed by atoms with Crippen LogP contribution in [-0.2, 0) is 16.1 Å². The highest BCUT2D eigenvalue weighted by Gasteiger charge is 2.09. The second-order valence-corrected chi connectivity index (χ2v) is 3.46.